The first-order valence-corrected chi connectivity index (χ1v) is 7.40. The van der Waals surface area contributed by atoms with E-state index in [-0.39, 0.29) is 11.5 Å². The first-order chi connectivity index (χ1) is 8.14. The quantitative estimate of drug-likeness (QED) is 0.816. The molecule has 0 spiro atoms. The summed E-state index contributed by atoms with van der Waals surface area (Å²) in [6.45, 7) is 6.27. The summed E-state index contributed by atoms with van der Waals surface area (Å²) in [4.78, 5) is 0. The summed E-state index contributed by atoms with van der Waals surface area (Å²) in [5, 5.41) is 10.8. The minimum absolute atomic E-state index is 0.0868. The van der Waals surface area contributed by atoms with Crippen molar-refractivity contribution in [1.82, 2.24) is 0 Å². The van der Waals surface area contributed by atoms with Gasteiger partial charge < -0.3 is 9.84 Å². The second-order valence-electron chi connectivity index (χ2n) is 6.56. The molecule has 0 radical (unpaired) electrons. The molecule has 2 fully saturated rings. The molecule has 0 bridgehead atoms. The second-order valence-corrected chi connectivity index (χ2v) is 6.56. The van der Waals surface area contributed by atoms with Gasteiger partial charge in [-0.15, -0.1) is 0 Å². The van der Waals surface area contributed by atoms with Gasteiger partial charge in [0.2, 0.25) is 0 Å². The minimum atomic E-state index is -0.0868. The fraction of sp³-hybridized carbons (Fsp3) is 1.00. The third-order valence-electron chi connectivity index (χ3n) is 4.75. The molecule has 2 nitrogen and oxygen atoms in total. The minimum Gasteiger partial charge on any atom is -0.392 e. The average molecular weight is 240 g/mol. The summed E-state index contributed by atoms with van der Waals surface area (Å²) < 4.78 is 5.42. The summed E-state index contributed by atoms with van der Waals surface area (Å²) in [7, 11) is 0. The van der Waals surface area contributed by atoms with Gasteiger partial charge in [0.05, 0.1) is 6.10 Å². The van der Waals surface area contributed by atoms with Crippen LogP contribution >= 0.6 is 0 Å². The van der Waals surface area contributed by atoms with Gasteiger partial charge in [0.1, 0.15) is 0 Å². The van der Waals surface area contributed by atoms with E-state index in [4.69, 9.17) is 4.74 Å². The lowest BCUT2D eigenvalue weighted by molar-refractivity contribution is -0.0645. The van der Waals surface area contributed by atoms with Gasteiger partial charge in [-0.05, 0) is 49.4 Å². The summed E-state index contributed by atoms with van der Waals surface area (Å²) >= 11 is 0. The van der Waals surface area contributed by atoms with E-state index >= 15 is 0 Å². The molecule has 0 aromatic rings. The van der Waals surface area contributed by atoms with Crippen LogP contribution in [0.1, 0.15) is 58.8 Å². The molecule has 1 heterocycles. The molecule has 0 amide bonds. The third kappa shape index (κ3) is 3.03. The number of aliphatic hydroxyl groups excluding tert-OH is 1. The maximum absolute atomic E-state index is 10.8. The van der Waals surface area contributed by atoms with Crippen molar-refractivity contribution in [3.05, 3.63) is 0 Å². The van der Waals surface area contributed by atoms with Gasteiger partial charge in [-0.3, -0.25) is 0 Å². The Balaban J connectivity index is 2.03. The van der Waals surface area contributed by atoms with Crippen LogP contribution in [0.3, 0.4) is 0 Å². The molecular formula is C15H28O2. The Morgan fingerprint density at radius 3 is 2.29 bits per heavy atom. The number of hydrogen-bond acceptors (Lipinski definition) is 2. The molecule has 1 aliphatic carbocycles. The first-order valence-electron chi connectivity index (χ1n) is 7.40. The van der Waals surface area contributed by atoms with E-state index in [2.05, 4.69) is 13.8 Å². The zero-order valence-corrected chi connectivity index (χ0v) is 11.5. The molecule has 1 aliphatic heterocycles. The van der Waals surface area contributed by atoms with Crippen LogP contribution in [0.15, 0.2) is 0 Å². The highest BCUT2D eigenvalue weighted by atomic mass is 16.5. The summed E-state index contributed by atoms with van der Waals surface area (Å²) in [5.41, 5.74) is 0.232. The lowest BCUT2D eigenvalue weighted by Crippen LogP contribution is -2.41. The van der Waals surface area contributed by atoms with Crippen molar-refractivity contribution < 1.29 is 9.84 Å². The highest BCUT2D eigenvalue weighted by molar-refractivity contribution is 4.94. The van der Waals surface area contributed by atoms with Gasteiger partial charge in [-0.2, -0.15) is 0 Å². The van der Waals surface area contributed by atoms with Crippen molar-refractivity contribution in [2.45, 2.75) is 64.9 Å². The van der Waals surface area contributed by atoms with Crippen LogP contribution in [0.2, 0.25) is 0 Å². The number of hydrogen-bond donors (Lipinski definition) is 1. The molecule has 1 saturated heterocycles. The van der Waals surface area contributed by atoms with Crippen molar-refractivity contribution in [3.8, 4) is 0 Å². The van der Waals surface area contributed by atoms with Crippen LogP contribution in [0.25, 0.3) is 0 Å². The third-order valence-corrected chi connectivity index (χ3v) is 4.75. The van der Waals surface area contributed by atoms with Crippen molar-refractivity contribution in [3.63, 3.8) is 0 Å². The van der Waals surface area contributed by atoms with E-state index in [1.165, 1.54) is 32.1 Å². The number of ether oxygens (including phenoxy) is 1. The Labute approximate surface area is 106 Å². The van der Waals surface area contributed by atoms with E-state index in [0.717, 1.165) is 26.1 Å². The predicted molar refractivity (Wildman–Crippen MR) is 69.9 cm³/mol. The fourth-order valence-corrected chi connectivity index (χ4v) is 4.04. The predicted octanol–water partition coefficient (Wildman–Crippen LogP) is 3.38. The van der Waals surface area contributed by atoms with Gasteiger partial charge in [0.25, 0.3) is 0 Å². The Kier molecular flexibility index (Phi) is 4.48. The van der Waals surface area contributed by atoms with Crippen LogP contribution in [-0.2, 0) is 4.74 Å². The lowest BCUT2D eigenvalue weighted by Gasteiger charge is -2.41. The summed E-state index contributed by atoms with van der Waals surface area (Å²) in [6.07, 6.45) is 8.33. The monoisotopic (exact) mass is 240 g/mol. The van der Waals surface area contributed by atoms with Crippen LogP contribution in [0, 0.1) is 17.3 Å². The molecule has 2 aliphatic rings. The summed E-state index contributed by atoms with van der Waals surface area (Å²) in [5.74, 6) is 1.18. The molecule has 2 heteroatoms. The summed E-state index contributed by atoms with van der Waals surface area (Å²) in [6, 6.07) is 0. The molecule has 100 valence electrons. The van der Waals surface area contributed by atoms with Gasteiger partial charge in [0, 0.05) is 13.2 Å². The Hall–Kier alpha value is -0.0800. The first kappa shape index (κ1) is 13.4. The van der Waals surface area contributed by atoms with Gasteiger partial charge in [0.15, 0.2) is 0 Å². The van der Waals surface area contributed by atoms with E-state index in [0.29, 0.717) is 11.8 Å². The molecule has 1 unspecified atom stereocenters. The SMILES string of the molecule is CC(C)CC1(C(O)C2CCOCC2)CCCC1. The van der Waals surface area contributed by atoms with Crippen LogP contribution in [0.5, 0.6) is 0 Å². The molecule has 17 heavy (non-hydrogen) atoms. The van der Waals surface area contributed by atoms with E-state index < -0.39 is 0 Å². The average Bonchev–Trinajstić information content (AvgIpc) is 2.78. The standard InChI is InChI=1S/C15H28O2/c1-12(2)11-15(7-3-4-8-15)14(16)13-5-9-17-10-6-13/h12-14,16H,3-11H2,1-2H3. The zero-order valence-electron chi connectivity index (χ0n) is 11.5. The van der Waals surface area contributed by atoms with E-state index in [1.54, 1.807) is 0 Å². The van der Waals surface area contributed by atoms with Crippen molar-refractivity contribution in [1.29, 1.82) is 0 Å². The fourth-order valence-electron chi connectivity index (χ4n) is 4.04. The van der Waals surface area contributed by atoms with Gasteiger partial charge >= 0.3 is 0 Å². The normalized spacial score (nSPS) is 27.5. The second kappa shape index (κ2) is 5.71. The smallest absolute Gasteiger partial charge is 0.0626 e. The largest absolute Gasteiger partial charge is 0.392 e. The Morgan fingerprint density at radius 1 is 1.18 bits per heavy atom. The Bertz CT molecular complexity index is 225. The maximum atomic E-state index is 10.8. The van der Waals surface area contributed by atoms with Crippen LogP contribution < -0.4 is 0 Å². The van der Waals surface area contributed by atoms with Crippen molar-refractivity contribution in [2.24, 2.45) is 17.3 Å². The van der Waals surface area contributed by atoms with E-state index in [1.807, 2.05) is 0 Å². The van der Waals surface area contributed by atoms with Crippen molar-refractivity contribution in [2.75, 3.05) is 13.2 Å². The molecule has 1 N–H and O–H groups in total. The highest BCUT2D eigenvalue weighted by Crippen LogP contribution is 2.49. The number of rotatable bonds is 4. The topological polar surface area (TPSA) is 29.5 Å². The highest BCUT2D eigenvalue weighted by Gasteiger charge is 2.44. The van der Waals surface area contributed by atoms with Crippen LogP contribution in [-0.4, -0.2) is 24.4 Å². The number of aliphatic hydroxyl groups is 1. The molecule has 1 atom stereocenters. The molecule has 0 aromatic carbocycles. The zero-order chi connectivity index (χ0) is 12.3. The molecular weight excluding hydrogens is 212 g/mol. The maximum Gasteiger partial charge on any atom is 0.0626 e. The van der Waals surface area contributed by atoms with E-state index in [9.17, 15) is 5.11 Å². The van der Waals surface area contributed by atoms with Crippen LogP contribution in [0.4, 0.5) is 0 Å². The Morgan fingerprint density at radius 2 is 1.76 bits per heavy atom. The van der Waals surface area contributed by atoms with Gasteiger partial charge in [-0.1, -0.05) is 26.7 Å². The molecule has 1 saturated carbocycles. The van der Waals surface area contributed by atoms with Gasteiger partial charge in [-0.25, -0.2) is 0 Å². The molecule has 2 rings (SSSR count). The van der Waals surface area contributed by atoms with Crippen molar-refractivity contribution >= 4 is 0 Å². The molecule has 0 aromatic heterocycles. The lowest BCUT2D eigenvalue weighted by atomic mass is 9.68.